The van der Waals surface area contributed by atoms with Crippen LogP contribution in [0.3, 0.4) is 0 Å². The smallest absolute Gasteiger partial charge is 0.164 e. The van der Waals surface area contributed by atoms with E-state index in [0.29, 0.717) is 17.5 Å². The predicted molar refractivity (Wildman–Crippen MR) is 203 cm³/mol. The molecule has 0 radical (unpaired) electrons. The van der Waals surface area contributed by atoms with Crippen LogP contribution in [-0.4, -0.2) is 15.0 Å². The first-order valence-corrected chi connectivity index (χ1v) is 16.8. The van der Waals surface area contributed by atoms with Crippen molar-refractivity contribution < 1.29 is 0 Å². The molecule has 7 aromatic carbocycles. The molecule has 0 unspecified atom stereocenters. The SMILES string of the molecule is C=C(Sc1ccc2ccc3cc(-c4nc(-c5ccccc5)nc(-c5ccccc5)n4)ccc3c2c1C)c1cccc(-c2ccccc2)c1. The third kappa shape index (κ3) is 5.79. The van der Waals surface area contributed by atoms with Crippen LogP contribution in [0.15, 0.2) is 169 Å². The van der Waals surface area contributed by atoms with Crippen LogP contribution < -0.4 is 0 Å². The van der Waals surface area contributed by atoms with E-state index in [-0.39, 0.29) is 0 Å². The molecule has 0 amide bonds. The van der Waals surface area contributed by atoms with Gasteiger partial charge in [0.1, 0.15) is 0 Å². The second-order valence-corrected chi connectivity index (χ2v) is 12.9. The van der Waals surface area contributed by atoms with Gasteiger partial charge in [0.05, 0.1) is 0 Å². The number of fused-ring (bicyclic) bond motifs is 3. The molecule has 0 aliphatic rings. The Balaban J connectivity index is 1.17. The van der Waals surface area contributed by atoms with E-state index in [0.717, 1.165) is 32.5 Å². The van der Waals surface area contributed by atoms with Crippen molar-refractivity contribution in [3.8, 4) is 45.3 Å². The Labute approximate surface area is 284 Å². The molecule has 228 valence electrons. The van der Waals surface area contributed by atoms with Gasteiger partial charge in [-0.3, -0.25) is 0 Å². The minimum Gasteiger partial charge on any atom is -0.208 e. The van der Waals surface area contributed by atoms with Crippen LogP contribution in [0.5, 0.6) is 0 Å². The number of rotatable bonds is 7. The summed E-state index contributed by atoms with van der Waals surface area (Å²) in [7, 11) is 0. The molecule has 8 rings (SSSR count). The van der Waals surface area contributed by atoms with Gasteiger partial charge in [0, 0.05) is 26.5 Å². The van der Waals surface area contributed by atoms with Crippen LogP contribution in [0.1, 0.15) is 11.1 Å². The van der Waals surface area contributed by atoms with E-state index in [9.17, 15) is 0 Å². The Hall–Kier alpha value is -5.84. The van der Waals surface area contributed by atoms with Gasteiger partial charge in [0.15, 0.2) is 17.5 Å². The summed E-state index contributed by atoms with van der Waals surface area (Å²) in [4.78, 5) is 17.0. The highest BCUT2D eigenvalue weighted by Gasteiger charge is 2.15. The molecule has 4 heteroatoms. The number of thioether (sulfide) groups is 1. The number of aromatic nitrogens is 3. The highest BCUT2D eigenvalue weighted by Crippen LogP contribution is 2.40. The van der Waals surface area contributed by atoms with E-state index in [4.69, 9.17) is 15.0 Å². The molecule has 0 aliphatic heterocycles. The molecule has 8 aromatic rings. The normalized spacial score (nSPS) is 11.2. The van der Waals surface area contributed by atoms with Crippen molar-refractivity contribution in [2.75, 3.05) is 0 Å². The summed E-state index contributed by atoms with van der Waals surface area (Å²) in [5, 5.41) is 4.81. The van der Waals surface area contributed by atoms with Gasteiger partial charge in [-0.2, -0.15) is 0 Å². The minimum atomic E-state index is 0.653. The fourth-order valence-electron chi connectivity index (χ4n) is 6.20. The van der Waals surface area contributed by atoms with Gasteiger partial charge in [-0.1, -0.05) is 158 Å². The van der Waals surface area contributed by atoms with Crippen LogP contribution in [-0.2, 0) is 0 Å². The maximum atomic E-state index is 4.95. The fraction of sp³-hybridized carbons (Fsp3) is 0.0227. The summed E-state index contributed by atoms with van der Waals surface area (Å²) < 4.78 is 0. The molecule has 0 atom stereocenters. The van der Waals surface area contributed by atoms with Crippen molar-refractivity contribution in [3.05, 3.63) is 175 Å². The molecule has 0 fully saturated rings. The maximum Gasteiger partial charge on any atom is 0.164 e. The topological polar surface area (TPSA) is 38.7 Å². The number of hydrogen-bond donors (Lipinski definition) is 0. The molecular formula is C44H31N3S. The van der Waals surface area contributed by atoms with Crippen molar-refractivity contribution in [3.63, 3.8) is 0 Å². The van der Waals surface area contributed by atoms with Crippen molar-refractivity contribution in [2.24, 2.45) is 0 Å². The molecule has 0 saturated heterocycles. The highest BCUT2D eigenvalue weighted by molar-refractivity contribution is 8.08. The van der Waals surface area contributed by atoms with Crippen molar-refractivity contribution in [1.82, 2.24) is 15.0 Å². The number of nitrogens with zero attached hydrogens (tertiary/aromatic N) is 3. The van der Waals surface area contributed by atoms with Gasteiger partial charge in [-0.25, -0.2) is 15.0 Å². The zero-order valence-electron chi connectivity index (χ0n) is 26.5. The lowest BCUT2D eigenvalue weighted by molar-refractivity contribution is 1.07. The quantitative estimate of drug-likeness (QED) is 0.129. The second kappa shape index (κ2) is 12.7. The molecule has 3 nitrogen and oxygen atoms in total. The fourth-order valence-corrected chi connectivity index (χ4v) is 7.10. The van der Waals surface area contributed by atoms with Crippen LogP contribution in [0, 0.1) is 6.92 Å². The predicted octanol–water partition coefficient (Wildman–Crippen LogP) is 11.9. The zero-order chi connectivity index (χ0) is 32.5. The number of aryl methyl sites for hydroxylation is 1. The largest absolute Gasteiger partial charge is 0.208 e. The van der Waals surface area contributed by atoms with Crippen LogP contribution in [0.2, 0.25) is 0 Å². The molecule has 0 aliphatic carbocycles. The van der Waals surface area contributed by atoms with E-state index in [1.165, 1.54) is 37.7 Å². The molecule has 1 heterocycles. The summed E-state index contributed by atoms with van der Waals surface area (Å²) in [5.74, 6) is 1.97. The summed E-state index contributed by atoms with van der Waals surface area (Å²) >= 11 is 1.73. The molecule has 0 spiro atoms. The highest BCUT2D eigenvalue weighted by atomic mass is 32.2. The van der Waals surface area contributed by atoms with Gasteiger partial charge in [-0.15, -0.1) is 0 Å². The van der Waals surface area contributed by atoms with E-state index in [2.05, 4.69) is 104 Å². The Bertz CT molecular complexity index is 2380. The molecule has 1 aromatic heterocycles. The summed E-state index contributed by atoms with van der Waals surface area (Å²) in [6.07, 6.45) is 0. The lowest BCUT2D eigenvalue weighted by atomic mass is 9.97. The monoisotopic (exact) mass is 633 g/mol. The van der Waals surface area contributed by atoms with Gasteiger partial charge in [-0.05, 0) is 68.9 Å². The van der Waals surface area contributed by atoms with E-state index >= 15 is 0 Å². The van der Waals surface area contributed by atoms with Crippen molar-refractivity contribution >= 4 is 38.2 Å². The van der Waals surface area contributed by atoms with Crippen molar-refractivity contribution in [2.45, 2.75) is 11.8 Å². The number of hydrogen-bond acceptors (Lipinski definition) is 4. The molecular weight excluding hydrogens is 603 g/mol. The first kappa shape index (κ1) is 29.6. The molecule has 0 bridgehead atoms. The first-order valence-electron chi connectivity index (χ1n) is 16.0. The van der Waals surface area contributed by atoms with E-state index in [1.54, 1.807) is 11.8 Å². The average Bonchev–Trinajstić information content (AvgIpc) is 3.16. The van der Waals surface area contributed by atoms with Gasteiger partial charge in [0.25, 0.3) is 0 Å². The van der Waals surface area contributed by atoms with Crippen molar-refractivity contribution in [1.29, 1.82) is 0 Å². The van der Waals surface area contributed by atoms with Gasteiger partial charge < -0.3 is 0 Å². The molecule has 0 saturated carbocycles. The average molecular weight is 634 g/mol. The Kier molecular flexibility index (Phi) is 7.85. The lowest BCUT2D eigenvalue weighted by Gasteiger charge is -2.14. The van der Waals surface area contributed by atoms with E-state index in [1.807, 2.05) is 66.7 Å². The van der Waals surface area contributed by atoms with Crippen LogP contribution in [0.25, 0.3) is 71.7 Å². The summed E-state index contributed by atoms with van der Waals surface area (Å²) in [6, 6.07) is 54.7. The first-order chi connectivity index (χ1) is 23.6. The number of benzene rings is 7. The van der Waals surface area contributed by atoms with Gasteiger partial charge >= 0.3 is 0 Å². The van der Waals surface area contributed by atoms with E-state index < -0.39 is 0 Å². The Morgan fingerprint density at radius 3 is 1.67 bits per heavy atom. The summed E-state index contributed by atoms with van der Waals surface area (Å²) in [5.41, 5.74) is 7.64. The second-order valence-electron chi connectivity index (χ2n) is 11.8. The zero-order valence-corrected chi connectivity index (χ0v) is 27.3. The molecule has 0 N–H and O–H groups in total. The van der Waals surface area contributed by atoms with Gasteiger partial charge in [0.2, 0.25) is 0 Å². The summed E-state index contributed by atoms with van der Waals surface area (Å²) in [6.45, 7) is 6.70. The standard InChI is InChI=1S/C44H31N3S/c1-29-40(48-30(2)35-19-12-20-36(27-35)31-13-6-3-7-14-31)26-24-32-21-22-37-28-38(23-25-39(37)41(29)32)44-46-42(33-15-8-4-9-16-33)45-43(47-44)34-17-10-5-11-18-34/h3-28H,2H2,1H3. The maximum absolute atomic E-state index is 4.95. The Morgan fingerprint density at radius 2 is 1.02 bits per heavy atom. The molecule has 48 heavy (non-hydrogen) atoms. The lowest BCUT2D eigenvalue weighted by Crippen LogP contribution is -2.00. The Morgan fingerprint density at radius 1 is 0.479 bits per heavy atom. The minimum absolute atomic E-state index is 0.653. The van der Waals surface area contributed by atoms with Crippen LogP contribution in [0.4, 0.5) is 0 Å². The van der Waals surface area contributed by atoms with Crippen LogP contribution >= 0.6 is 11.8 Å². The third-order valence-electron chi connectivity index (χ3n) is 8.69. The third-order valence-corrected chi connectivity index (χ3v) is 9.84.